The molecular weight excluding hydrogens is 563 g/mol. The summed E-state index contributed by atoms with van der Waals surface area (Å²) in [5.74, 6) is 0.140. The fourth-order valence-electron chi connectivity index (χ4n) is 3.88. The molecule has 2 saturated heterocycles. The van der Waals surface area contributed by atoms with Crippen LogP contribution in [-0.2, 0) is 28.5 Å². The van der Waals surface area contributed by atoms with Crippen molar-refractivity contribution in [2.45, 2.75) is 49.3 Å². The smallest absolute Gasteiger partial charge is 0.351 e. The van der Waals surface area contributed by atoms with Crippen molar-refractivity contribution >= 4 is 20.0 Å². The van der Waals surface area contributed by atoms with Gasteiger partial charge in [-0.2, -0.15) is 19.5 Å². The van der Waals surface area contributed by atoms with Crippen molar-refractivity contribution < 1.29 is 53.8 Å². The minimum absolute atomic E-state index is 0.0405. The van der Waals surface area contributed by atoms with E-state index in [0.29, 0.717) is 0 Å². The predicted octanol–water partition coefficient (Wildman–Crippen LogP) is -3.65. The lowest BCUT2D eigenvalue weighted by Crippen LogP contribution is -2.37. The van der Waals surface area contributed by atoms with E-state index < -0.39 is 75.4 Å². The molecule has 0 amide bonds. The van der Waals surface area contributed by atoms with E-state index in [1.165, 1.54) is 43.3 Å². The molecule has 20 heteroatoms. The first-order valence-corrected chi connectivity index (χ1v) is 12.9. The fourth-order valence-corrected chi connectivity index (χ4v) is 4.11. The highest BCUT2D eigenvalue weighted by atomic mass is 31.2. The van der Waals surface area contributed by atoms with Crippen LogP contribution >= 0.6 is 8.38 Å². The molecule has 0 aliphatic carbocycles. The monoisotopic (exact) mass is 594 g/mol. The van der Waals surface area contributed by atoms with Crippen LogP contribution < -0.4 is 22.8 Å². The Morgan fingerprint density at radius 1 is 0.925 bits per heavy atom. The number of hydrogen-bond donors (Lipinski definition) is 7. The second-order valence-electron chi connectivity index (χ2n) is 8.27. The Hall–Kier alpha value is -2.65. The van der Waals surface area contributed by atoms with Crippen LogP contribution in [0.3, 0.4) is 0 Å². The number of methoxy groups -OCH3 is 2. The molecule has 40 heavy (non-hydrogen) atoms. The Morgan fingerprint density at radius 3 is 1.88 bits per heavy atom. The van der Waals surface area contributed by atoms with E-state index in [-0.39, 0.29) is 18.2 Å². The van der Waals surface area contributed by atoms with Crippen LogP contribution in [0.4, 0.5) is 11.6 Å². The molecule has 2 aromatic heterocycles. The van der Waals surface area contributed by atoms with E-state index in [9.17, 15) is 19.8 Å². The van der Waals surface area contributed by atoms with Gasteiger partial charge in [-0.15, -0.1) is 0 Å². The summed E-state index contributed by atoms with van der Waals surface area (Å²) in [6.45, 7) is -0.366. The minimum Gasteiger partial charge on any atom is -0.394 e. The lowest BCUT2D eigenvalue weighted by molar-refractivity contribution is -0.333. The van der Waals surface area contributed by atoms with E-state index >= 15 is 0 Å². The van der Waals surface area contributed by atoms with Gasteiger partial charge in [-0.05, 0) is 12.1 Å². The summed E-state index contributed by atoms with van der Waals surface area (Å²) in [7, 11) is 0.497. The van der Waals surface area contributed by atoms with Crippen LogP contribution in [0.1, 0.15) is 12.5 Å². The second kappa shape index (κ2) is 14.3. The molecule has 2 aliphatic heterocycles. The SMILES string of the molecule is CO[C@H]1C(O)[C@@H](CO)O[C@H]1n1ccc(N)nc1=O.CO[C@H]1C(O)[C@@H](OOP(O)CO)O[C@H]1n1ccc(N)nc1=O. The molecule has 9 N–H and O–H groups in total. The number of aliphatic hydroxyl groups excluding tert-OH is 4. The fraction of sp³-hybridized carbons (Fsp3) is 0.600. The zero-order valence-corrected chi connectivity index (χ0v) is 22.1. The molecule has 2 fully saturated rings. The van der Waals surface area contributed by atoms with Gasteiger partial charge in [0, 0.05) is 26.6 Å². The average Bonchev–Trinajstić information content (AvgIpc) is 3.42. The average molecular weight is 594 g/mol. The van der Waals surface area contributed by atoms with E-state index in [1.54, 1.807) is 0 Å². The molecule has 0 radical (unpaired) electrons. The molecule has 9 atom stereocenters. The standard InChI is InChI=1S/C10H16N3O8P.C10H15N3O5/c1-18-7-6(15)9(20-21-22(17)4-14)19-8(7)13-3-2-5(11)12-10(13)16;1-17-8-7(15)5(4-14)18-9(8)13-3-2-6(11)12-10(13)16/h2-3,6-9,14-15,17H,4H2,1H3,(H2,11,12,16);2-3,5,7-9,14-15H,4H2,1H3,(H2,11,12,16)/t6?,7-,8+,9+,22?;5-,7?,8+,9-/m01/s1. The van der Waals surface area contributed by atoms with Crippen LogP contribution in [0.15, 0.2) is 34.1 Å². The third kappa shape index (κ3) is 7.16. The molecule has 224 valence electrons. The van der Waals surface area contributed by atoms with Crippen molar-refractivity contribution in [2.75, 3.05) is 38.6 Å². The van der Waals surface area contributed by atoms with Crippen LogP contribution in [-0.4, -0.2) is 108 Å². The zero-order chi connectivity index (χ0) is 29.6. The summed E-state index contributed by atoms with van der Waals surface area (Å²) in [4.78, 5) is 44.5. The molecular formula is C20H31N6O13P. The van der Waals surface area contributed by atoms with E-state index in [4.69, 9.17) is 50.4 Å². The van der Waals surface area contributed by atoms with Crippen molar-refractivity contribution in [3.8, 4) is 0 Å². The highest BCUT2D eigenvalue weighted by Gasteiger charge is 2.47. The van der Waals surface area contributed by atoms with Crippen molar-refractivity contribution in [1.82, 2.24) is 19.1 Å². The van der Waals surface area contributed by atoms with Crippen molar-refractivity contribution in [2.24, 2.45) is 0 Å². The van der Waals surface area contributed by atoms with Gasteiger partial charge in [-0.1, -0.05) is 0 Å². The van der Waals surface area contributed by atoms with Gasteiger partial charge in [-0.3, -0.25) is 9.13 Å². The summed E-state index contributed by atoms with van der Waals surface area (Å²) >= 11 is 0. The molecule has 3 unspecified atom stereocenters. The van der Waals surface area contributed by atoms with Gasteiger partial charge >= 0.3 is 11.4 Å². The van der Waals surface area contributed by atoms with Crippen molar-refractivity contribution in [1.29, 1.82) is 0 Å². The number of rotatable bonds is 9. The Bertz CT molecular complexity index is 1220. The van der Waals surface area contributed by atoms with Gasteiger partial charge in [0.25, 0.3) is 0 Å². The van der Waals surface area contributed by atoms with Crippen molar-refractivity contribution in [3.63, 3.8) is 0 Å². The Balaban J connectivity index is 0.000000225. The summed E-state index contributed by atoms with van der Waals surface area (Å²) < 4.78 is 27.7. The quantitative estimate of drug-likeness (QED) is 0.0837. The predicted molar refractivity (Wildman–Crippen MR) is 133 cm³/mol. The number of nitrogens with two attached hydrogens (primary N) is 2. The van der Waals surface area contributed by atoms with Crippen LogP contribution in [0, 0.1) is 0 Å². The van der Waals surface area contributed by atoms with Gasteiger partial charge in [0.1, 0.15) is 48.5 Å². The lowest BCUT2D eigenvalue weighted by atomic mass is 10.1. The number of aliphatic hydroxyl groups is 4. The molecule has 0 saturated carbocycles. The van der Waals surface area contributed by atoms with E-state index in [0.717, 1.165) is 4.57 Å². The van der Waals surface area contributed by atoms with Gasteiger partial charge in [0.15, 0.2) is 12.5 Å². The number of aromatic nitrogens is 4. The Morgan fingerprint density at radius 2 is 1.43 bits per heavy atom. The zero-order valence-electron chi connectivity index (χ0n) is 21.2. The molecule has 2 aliphatic rings. The molecule has 0 spiro atoms. The van der Waals surface area contributed by atoms with Crippen LogP contribution in [0.5, 0.6) is 0 Å². The first-order chi connectivity index (χ1) is 19.1. The van der Waals surface area contributed by atoms with Gasteiger partial charge in [0.2, 0.25) is 14.7 Å². The number of anilines is 2. The topological polar surface area (TPSA) is 278 Å². The second-order valence-corrected chi connectivity index (χ2v) is 9.41. The number of ether oxygens (including phenoxy) is 4. The van der Waals surface area contributed by atoms with E-state index in [1.807, 2.05) is 0 Å². The summed E-state index contributed by atoms with van der Waals surface area (Å²) in [6.07, 6.45) is -5.94. The maximum absolute atomic E-state index is 11.8. The van der Waals surface area contributed by atoms with E-state index in [2.05, 4.69) is 14.6 Å². The normalized spacial score (nSPS) is 30.6. The van der Waals surface area contributed by atoms with Crippen LogP contribution in [0.25, 0.3) is 0 Å². The maximum atomic E-state index is 11.8. The maximum Gasteiger partial charge on any atom is 0.351 e. The summed E-state index contributed by atoms with van der Waals surface area (Å²) in [6, 6.07) is 2.82. The first kappa shape index (κ1) is 31.9. The molecule has 2 aromatic rings. The summed E-state index contributed by atoms with van der Waals surface area (Å²) in [5, 5.41) is 37.6. The third-order valence-corrected chi connectivity index (χ3v) is 6.30. The summed E-state index contributed by atoms with van der Waals surface area (Å²) in [5.41, 5.74) is 9.49. The third-order valence-electron chi connectivity index (χ3n) is 5.80. The van der Waals surface area contributed by atoms with Gasteiger partial charge < -0.3 is 55.7 Å². The molecule has 4 heterocycles. The number of nitrogen functional groups attached to an aromatic ring is 2. The largest absolute Gasteiger partial charge is 0.394 e. The molecule has 4 rings (SSSR count). The number of hydrogen-bond acceptors (Lipinski definition) is 17. The van der Waals surface area contributed by atoms with Gasteiger partial charge in [-0.25, -0.2) is 9.59 Å². The number of nitrogens with zero attached hydrogens (tertiary/aromatic N) is 4. The first-order valence-electron chi connectivity index (χ1n) is 11.5. The Labute approximate surface area is 226 Å². The highest BCUT2D eigenvalue weighted by Crippen LogP contribution is 2.36. The lowest BCUT2D eigenvalue weighted by Gasteiger charge is -2.20. The Kier molecular flexibility index (Phi) is 11.4. The molecule has 19 nitrogen and oxygen atoms in total. The van der Waals surface area contributed by atoms with Gasteiger partial charge in [0.05, 0.1) is 6.61 Å². The molecule has 0 bridgehead atoms. The van der Waals surface area contributed by atoms with Crippen molar-refractivity contribution in [3.05, 3.63) is 45.5 Å². The minimum atomic E-state index is -2.21. The highest BCUT2D eigenvalue weighted by molar-refractivity contribution is 7.45. The molecule has 0 aromatic carbocycles. The van der Waals surface area contributed by atoms with Crippen LogP contribution in [0.2, 0.25) is 0 Å².